The summed E-state index contributed by atoms with van der Waals surface area (Å²) in [5.41, 5.74) is 1.21. The molecule has 112 valence electrons. The maximum Gasteiger partial charge on any atom is 0.0468 e. The molecular formula is C17H25Cl2N. The topological polar surface area (TPSA) is 12.0 Å². The van der Waals surface area contributed by atoms with Crippen molar-refractivity contribution >= 4 is 23.2 Å². The number of nitrogens with one attached hydrogen (secondary N) is 1. The van der Waals surface area contributed by atoms with Gasteiger partial charge in [-0.25, -0.2) is 0 Å². The fourth-order valence-corrected chi connectivity index (χ4v) is 3.96. The summed E-state index contributed by atoms with van der Waals surface area (Å²) < 4.78 is 0. The van der Waals surface area contributed by atoms with Crippen LogP contribution in [-0.2, 0) is 0 Å². The third-order valence-electron chi connectivity index (χ3n) is 4.66. The normalized spacial score (nSPS) is 24.6. The summed E-state index contributed by atoms with van der Waals surface area (Å²) >= 11 is 12.4. The molecule has 0 aromatic heterocycles. The lowest BCUT2D eigenvalue weighted by atomic mass is 9.76. The molecule has 1 unspecified atom stereocenters. The third-order valence-corrected chi connectivity index (χ3v) is 5.22. The number of rotatable bonds is 5. The molecule has 0 spiro atoms. The van der Waals surface area contributed by atoms with Crippen molar-refractivity contribution in [3.63, 3.8) is 0 Å². The number of benzene rings is 1. The second-order valence-electron chi connectivity index (χ2n) is 5.89. The van der Waals surface area contributed by atoms with Crippen LogP contribution in [0, 0.1) is 11.8 Å². The molecule has 0 radical (unpaired) electrons. The standard InChI is InChI=1S/C17H25Cl2N/c1-3-12-5-7-13(8-6-12)17(20-4-2)15-10-9-14(18)11-16(15)19/h9-13,17,20H,3-8H2,1-2H3. The van der Waals surface area contributed by atoms with E-state index in [1.807, 2.05) is 12.1 Å². The summed E-state index contributed by atoms with van der Waals surface area (Å²) in [6.07, 6.45) is 6.63. The van der Waals surface area contributed by atoms with E-state index in [9.17, 15) is 0 Å². The molecule has 0 bridgehead atoms. The molecule has 3 heteroatoms. The number of halogens is 2. The van der Waals surface area contributed by atoms with E-state index in [1.165, 1.54) is 37.7 Å². The average molecular weight is 314 g/mol. The first-order chi connectivity index (χ1) is 9.65. The van der Waals surface area contributed by atoms with Gasteiger partial charge in [-0.05, 0) is 48.9 Å². The van der Waals surface area contributed by atoms with Crippen LogP contribution in [0.5, 0.6) is 0 Å². The lowest BCUT2D eigenvalue weighted by Crippen LogP contribution is -2.31. The van der Waals surface area contributed by atoms with Gasteiger partial charge in [-0.3, -0.25) is 0 Å². The predicted octanol–water partition coefficient (Wildman–Crippen LogP) is 5.86. The molecule has 0 saturated heterocycles. The van der Waals surface area contributed by atoms with Crippen molar-refractivity contribution in [2.24, 2.45) is 11.8 Å². The van der Waals surface area contributed by atoms with Crippen LogP contribution in [0.25, 0.3) is 0 Å². The van der Waals surface area contributed by atoms with Gasteiger partial charge in [-0.2, -0.15) is 0 Å². The Bertz CT molecular complexity index is 425. The fourth-order valence-electron chi connectivity index (χ4n) is 3.43. The molecule has 1 atom stereocenters. The Morgan fingerprint density at radius 1 is 1.15 bits per heavy atom. The molecule has 0 aliphatic heterocycles. The quantitative estimate of drug-likeness (QED) is 0.717. The summed E-state index contributed by atoms with van der Waals surface area (Å²) in [5, 5.41) is 5.14. The van der Waals surface area contributed by atoms with Gasteiger partial charge in [0.25, 0.3) is 0 Å². The van der Waals surface area contributed by atoms with E-state index in [-0.39, 0.29) is 0 Å². The van der Waals surface area contributed by atoms with Crippen molar-refractivity contribution < 1.29 is 0 Å². The summed E-state index contributed by atoms with van der Waals surface area (Å²) in [6.45, 7) is 5.44. The molecule has 0 heterocycles. The Morgan fingerprint density at radius 3 is 2.40 bits per heavy atom. The van der Waals surface area contributed by atoms with Crippen molar-refractivity contribution in [3.8, 4) is 0 Å². The van der Waals surface area contributed by atoms with Crippen LogP contribution in [0.3, 0.4) is 0 Å². The smallest absolute Gasteiger partial charge is 0.0468 e. The van der Waals surface area contributed by atoms with Gasteiger partial charge in [0.1, 0.15) is 0 Å². The first-order valence-electron chi connectivity index (χ1n) is 7.84. The van der Waals surface area contributed by atoms with Crippen molar-refractivity contribution in [2.75, 3.05) is 6.54 Å². The molecular weight excluding hydrogens is 289 g/mol. The van der Waals surface area contributed by atoms with Crippen molar-refractivity contribution in [1.29, 1.82) is 0 Å². The van der Waals surface area contributed by atoms with E-state index in [2.05, 4.69) is 25.2 Å². The second-order valence-corrected chi connectivity index (χ2v) is 6.73. The van der Waals surface area contributed by atoms with Gasteiger partial charge in [-0.15, -0.1) is 0 Å². The average Bonchev–Trinajstić information content (AvgIpc) is 2.46. The van der Waals surface area contributed by atoms with E-state index in [0.29, 0.717) is 17.0 Å². The maximum atomic E-state index is 6.41. The van der Waals surface area contributed by atoms with Gasteiger partial charge in [0.2, 0.25) is 0 Å². The molecule has 20 heavy (non-hydrogen) atoms. The predicted molar refractivity (Wildman–Crippen MR) is 88.6 cm³/mol. The highest BCUT2D eigenvalue weighted by molar-refractivity contribution is 6.35. The fraction of sp³-hybridized carbons (Fsp3) is 0.647. The van der Waals surface area contributed by atoms with Crippen molar-refractivity contribution in [1.82, 2.24) is 5.32 Å². The van der Waals surface area contributed by atoms with E-state index in [1.54, 1.807) is 0 Å². The Balaban J connectivity index is 2.14. The van der Waals surface area contributed by atoms with Crippen LogP contribution in [0.2, 0.25) is 10.0 Å². The van der Waals surface area contributed by atoms with Crippen molar-refractivity contribution in [2.45, 2.75) is 52.0 Å². The zero-order valence-electron chi connectivity index (χ0n) is 12.5. The summed E-state index contributed by atoms with van der Waals surface area (Å²) in [4.78, 5) is 0. The maximum absolute atomic E-state index is 6.41. The second kappa shape index (κ2) is 7.68. The van der Waals surface area contributed by atoms with Crippen LogP contribution in [0.1, 0.15) is 57.6 Å². The Hall–Kier alpha value is -0.240. The molecule has 2 rings (SSSR count). The van der Waals surface area contributed by atoms with Gasteiger partial charge >= 0.3 is 0 Å². The minimum atomic E-state index is 0.363. The molecule has 1 fully saturated rings. The largest absolute Gasteiger partial charge is 0.310 e. The molecule has 1 saturated carbocycles. The van der Waals surface area contributed by atoms with Gasteiger partial charge in [0.15, 0.2) is 0 Å². The van der Waals surface area contributed by atoms with Crippen LogP contribution in [-0.4, -0.2) is 6.54 Å². The zero-order chi connectivity index (χ0) is 14.5. The first-order valence-corrected chi connectivity index (χ1v) is 8.59. The minimum absolute atomic E-state index is 0.363. The molecule has 1 aromatic carbocycles. The van der Waals surface area contributed by atoms with Gasteiger partial charge in [0.05, 0.1) is 0 Å². The molecule has 1 aromatic rings. The van der Waals surface area contributed by atoms with E-state index >= 15 is 0 Å². The highest BCUT2D eigenvalue weighted by Crippen LogP contribution is 2.40. The molecule has 1 aliphatic rings. The Kier molecular flexibility index (Phi) is 6.20. The molecule has 0 amide bonds. The SMILES string of the molecule is CCNC(c1ccc(Cl)cc1Cl)C1CCC(CC)CC1. The van der Waals surface area contributed by atoms with Gasteiger partial charge in [0, 0.05) is 16.1 Å². The highest BCUT2D eigenvalue weighted by atomic mass is 35.5. The van der Waals surface area contributed by atoms with Crippen LogP contribution in [0.4, 0.5) is 0 Å². The summed E-state index contributed by atoms with van der Waals surface area (Å²) in [6, 6.07) is 6.26. The molecule has 1 nitrogen and oxygen atoms in total. The van der Waals surface area contributed by atoms with Gasteiger partial charge < -0.3 is 5.32 Å². The number of hydrogen-bond donors (Lipinski definition) is 1. The summed E-state index contributed by atoms with van der Waals surface area (Å²) in [5.74, 6) is 1.62. The Morgan fingerprint density at radius 2 is 1.85 bits per heavy atom. The minimum Gasteiger partial charge on any atom is -0.310 e. The van der Waals surface area contributed by atoms with Gasteiger partial charge in [-0.1, -0.05) is 62.4 Å². The van der Waals surface area contributed by atoms with E-state index in [4.69, 9.17) is 23.2 Å². The number of hydrogen-bond acceptors (Lipinski definition) is 1. The van der Waals surface area contributed by atoms with E-state index < -0.39 is 0 Å². The van der Waals surface area contributed by atoms with Crippen LogP contribution < -0.4 is 5.32 Å². The highest BCUT2D eigenvalue weighted by Gasteiger charge is 2.28. The Labute approximate surface area is 133 Å². The monoisotopic (exact) mass is 313 g/mol. The van der Waals surface area contributed by atoms with E-state index in [0.717, 1.165) is 17.5 Å². The molecule has 1 N–H and O–H groups in total. The van der Waals surface area contributed by atoms with Crippen LogP contribution in [0.15, 0.2) is 18.2 Å². The third kappa shape index (κ3) is 3.90. The zero-order valence-corrected chi connectivity index (χ0v) is 14.0. The summed E-state index contributed by atoms with van der Waals surface area (Å²) in [7, 11) is 0. The van der Waals surface area contributed by atoms with Crippen LogP contribution >= 0.6 is 23.2 Å². The lowest BCUT2D eigenvalue weighted by Gasteiger charge is -2.34. The molecule has 1 aliphatic carbocycles. The lowest BCUT2D eigenvalue weighted by molar-refractivity contribution is 0.220. The first kappa shape index (κ1) is 16.1. The van der Waals surface area contributed by atoms with Crippen molar-refractivity contribution in [3.05, 3.63) is 33.8 Å².